The molecule has 1 aromatic heterocycles. The first-order chi connectivity index (χ1) is 6.92. The van der Waals surface area contributed by atoms with E-state index in [1.54, 1.807) is 0 Å². The van der Waals surface area contributed by atoms with Crippen molar-refractivity contribution < 1.29 is 0 Å². The van der Waals surface area contributed by atoms with Crippen LogP contribution in [0.1, 0.15) is 44.2 Å². The van der Waals surface area contributed by atoms with Crippen molar-refractivity contribution in [2.24, 2.45) is 5.92 Å². The fourth-order valence-corrected chi connectivity index (χ4v) is 2.78. The van der Waals surface area contributed by atoms with Crippen molar-refractivity contribution in [2.45, 2.75) is 38.6 Å². The van der Waals surface area contributed by atoms with Crippen molar-refractivity contribution in [1.82, 2.24) is 5.32 Å². The van der Waals surface area contributed by atoms with Crippen LogP contribution >= 0.6 is 11.3 Å². The van der Waals surface area contributed by atoms with Crippen LogP contribution in [0.3, 0.4) is 0 Å². The van der Waals surface area contributed by atoms with E-state index in [2.05, 4.69) is 29.1 Å². The zero-order valence-electron chi connectivity index (χ0n) is 8.83. The van der Waals surface area contributed by atoms with Gasteiger partial charge in [0.1, 0.15) is 0 Å². The molecule has 1 saturated carbocycles. The lowest BCUT2D eigenvalue weighted by molar-refractivity contribution is 0.231. The Morgan fingerprint density at radius 1 is 1.57 bits per heavy atom. The smallest absolute Gasteiger partial charge is 0.0356 e. The normalized spacial score (nSPS) is 19.2. The van der Waals surface area contributed by atoms with Gasteiger partial charge in [-0.15, -0.1) is 0 Å². The third-order valence-electron chi connectivity index (χ3n) is 3.14. The van der Waals surface area contributed by atoms with Crippen LogP contribution in [-0.2, 0) is 0 Å². The minimum Gasteiger partial charge on any atom is -0.310 e. The molecule has 0 amide bonds. The molecular weight excluding hydrogens is 190 g/mol. The zero-order chi connectivity index (χ0) is 9.80. The topological polar surface area (TPSA) is 12.0 Å². The van der Waals surface area contributed by atoms with Crippen LogP contribution in [0.15, 0.2) is 16.8 Å². The molecule has 0 spiro atoms. The Hall–Kier alpha value is -0.340. The fraction of sp³-hybridized carbons (Fsp3) is 0.667. The lowest BCUT2D eigenvalue weighted by Gasteiger charge is -2.34. The lowest BCUT2D eigenvalue weighted by Crippen LogP contribution is -2.32. The molecule has 0 saturated heterocycles. The molecular formula is C12H19NS. The summed E-state index contributed by atoms with van der Waals surface area (Å²) in [6.07, 6.45) is 5.49. The SMILES string of the molecule is CCCNC(c1ccsc1)C1CCC1. The Kier molecular flexibility index (Phi) is 3.60. The summed E-state index contributed by atoms with van der Waals surface area (Å²) in [5.41, 5.74) is 1.51. The maximum atomic E-state index is 3.68. The van der Waals surface area contributed by atoms with Gasteiger partial charge in [0.2, 0.25) is 0 Å². The zero-order valence-corrected chi connectivity index (χ0v) is 9.65. The highest BCUT2D eigenvalue weighted by Gasteiger charge is 2.27. The van der Waals surface area contributed by atoms with Gasteiger partial charge in [-0.25, -0.2) is 0 Å². The van der Waals surface area contributed by atoms with Gasteiger partial charge in [-0.1, -0.05) is 13.3 Å². The van der Waals surface area contributed by atoms with Gasteiger partial charge in [0, 0.05) is 6.04 Å². The Morgan fingerprint density at radius 2 is 2.43 bits per heavy atom. The van der Waals surface area contributed by atoms with Crippen molar-refractivity contribution in [3.05, 3.63) is 22.4 Å². The van der Waals surface area contributed by atoms with Gasteiger partial charge < -0.3 is 5.32 Å². The van der Waals surface area contributed by atoms with E-state index >= 15 is 0 Å². The second-order valence-electron chi connectivity index (χ2n) is 4.18. The van der Waals surface area contributed by atoms with Crippen LogP contribution in [0, 0.1) is 5.92 Å². The molecule has 0 aliphatic heterocycles. The van der Waals surface area contributed by atoms with E-state index in [-0.39, 0.29) is 0 Å². The second kappa shape index (κ2) is 4.94. The predicted octanol–water partition coefficient (Wildman–Crippen LogP) is 3.59. The van der Waals surface area contributed by atoms with E-state index in [9.17, 15) is 0 Å². The molecule has 1 atom stereocenters. The maximum absolute atomic E-state index is 3.68. The first-order valence-corrected chi connectivity index (χ1v) is 6.61. The molecule has 0 aromatic carbocycles. The van der Waals surface area contributed by atoms with Crippen LogP contribution < -0.4 is 5.32 Å². The highest BCUT2D eigenvalue weighted by molar-refractivity contribution is 7.07. The molecule has 1 aliphatic rings. The van der Waals surface area contributed by atoms with E-state index in [1.807, 2.05) is 11.3 Å². The van der Waals surface area contributed by atoms with E-state index in [1.165, 1.54) is 31.2 Å². The van der Waals surface area contributed by atoms with Gasteiger partial charge in [-0.2, -0.15) is 11.3 Å². The minimum atomic E-state index is 0.634. The highest BCUT2D eigenvalue weighted by Crippen LogP contribution is 2.38. The van der Waals surface area contributed by atoms with Crippen LogP contribution in [0.5, 0.6) is 0 Å². The Labute approximate surface area is 90.5 Å². The first kappa shape index (κ1) is 10.2. The molecule has 1 heterocycles. The average Bonchev–Trinajstić information content (AvgIpc) is 2.61. The molecule has 2 heteroatoms. The number of nitrogens with one attached hydrogen (secondary N) is 1. The van der Waals surface area contributed by atoms with Crippen LogP contribution in [-0.4, -0.2) is 6.54 Å². The summed E-state index contributed by atoms with van der Waals surface area (Å²) in [6, 6.07) is 2.91. The molecule has 0 bridgehead atoms. The summed E-state index contributed by atoms with van der Waals surface area (Å²) in [5, 5.41) is 8.17. The molecule has 14 heavy (non-hydrogen) atoms. The first-order valence-electron chi connectivity index (χ1n) is 5.67. The monoisotopic (exact) mass is 209 g/mol. The molecule has 1 nitrogen and oxygen atoms in total. The van der Waals surface area contributed by atoms with Crippen LogP contribution in [0.2, 0.25) is 0 Å². The van der Waals surface area contributed by atoms with E-state index < -0.39 is 0 Å². The maximum Gasteiger partial charge on any atom is 0.0356 e. The van der Waals surface area contributed by atoms with Gasteiger partial charge >= 0.3 is 0 Å². The van der Waals surface area contributed by atoms with Gasteiger partial charge in [0.05, 0.1) is 0 Å². The molecule has 2 rings (SSSR count). The van der Waals surface area contributed by atoms with E-state index in [0.29, 0.717) is 6.04 Å². The van der Waals surface area contributed by atoms with Crippen LogP contribution in [0.25, 0.3) is 0 Å². The quantitative estimate of drug-likeness (QED) is 0.781. The lowest BCUT2D eigenvalue weighted by atomic mass is 9.77. The largest absolute Gasteiger partial charge is 0.310 e. The summed E-state index contributed by atoms with van der Waals surface area (Å²) >= 11 is 1.81. The summed E-state index contributed by atoms with van der Waals surface area (Å²) in [4.78, 5) is 0. The van der Waals surface area contributed by atoms with Gasteiger partial charge in [-0.05, 0) is 54.1 Å². The van der Waals surface area contributed by atoms with Crippen molar-refractivity contribution in [2.75, 3.05) is 6.54 Å². The average molecular weight is 209 g/mol. The molecule has 1 fully saturated rings. The third-order valence-corrected chi connectivity index (χ3v) is 3.84. The third kappa shape index (κ3) is 2.18. The molecule has 78 valence electrons. The van der Waals surface area contributed by atoms with E-state index in [0.717, 1.165) is 12.5 Å². The minimum absolute atomic E-state index is 0.634. The molecule has 0 radical (unpaired) electrons. The van der Waals surface area contributed by atoms with Crippen molar-refractivity contribution >= 4 is 11.3 Å². The fourth-order valence-electron chi connectivity index (χ4n) is 2.08. The molecule has 1 N–H and O–H groups in total. The summed E-state index contributed by atoms with van der Waals surface area (Å²) in [5.74, 6) is 0.899. The van der Waals surface area contributed by atoms with Crippen molar-refractivity contribution in [3.8, 4) is 0 Å². The number of rotatable bonds is 5. The predicted molar refractivity (Wildman–Crippen MR) is 62.7 cm³/mol. The Morgan fingerprint density at radius 3 is 2.93 bits per heavy atom. The van der Waals surface area contributed by atoms with Gasteiger partial charge in [0.25, 0.3) is 0 Å². The summed E-state index contributed by atoms with van der Waals surface area (Å²) < 4.78 is 0. The van der Waals surface area contributed by atoms with Crippen molar-refractivity contribution in [3.63, 3.8) is 0 Å². The van der Waals surface area contributed by atoms with E-state index in [4.69, 9.17) is 0 Å². The Bertz CT molecular complexity index is 251. The van der Waals surface area contributed by atoms with Gasteiger partial charge in [0.15, 0.2) is 0 Å². The number of hydrogen-bond acceptors (Lipinski definition) is 2. The molecule has 1 aliphatic carbocycles. The van der Waals surface area contributed by atoms with Crippen LogP contribution in [0.4, 0.5) is 0 Å². The van der Waals surface area contributed by atoms with Gasteiger partial charge in [-0.3, -0.25) is 0 Å². The summed E-state index contributed by atoms with van der Waals surface area (Å²) in [7, 11) is 0. The number of thiophene rings is 1. The second-order valence-corrected chi connectivity index (χ2v) is 4.96. The summed E-state index contributed by atoms with van der Waals surface area (Å²) in [6.45, 7) is 3.38. The molecule has 1 unspecified atom stereocenters. The standard InChI is InChI=1S/C12H19NS/c1-2-7-13-12(10-4-3-5-10)11-6-8-14-9-11/h6,8-10,12-13H,2-5,7H2,1H3. The van der Waals surface area contributed by atoms with Crippen molar-refractivity contribution in [1.29, 1.82) is 0 Å². The number of hydrogen-bond donors (Lipinski definition) is 1. The Balaban J connectivity index is 1.98. The molecule has 1 aromatic rings. The highest BCUT2D eigenvalue weighted by atomic mass is 32.1.